The second-order valence-corrected chi connectivity index (χ2v) is 9.93. The van der Waals surface area contributed by atoms with Gasteiger partial charge in [-0.05, 0) is 30.7 Å². The van der Waals surface area contributed by atoms with Crippen LogP contribution in [0.4, 0.5) is 5.69 Å². The molecule has 0 bridgehead atoms. The van der Waals surface area contributed by atoms with Crippen LogP contribution in [0.2, 0.25) is 0 Å². The smallest absolute Gasteiger partial charge is 0.244 e. The molecule has 28 heavy (non-hydrogen) atoms. The van der Waals surface area contributed by atoms with E-state index in [4.69, 9.17) is 4.74 Å². The van der Waals surface area contributed by atoms with Gasteiger partial charge in [0.25, 0.3) is 0 Å². The van der Waals surface area contributed by atoms with E-state index < -0.39 is 32.0 Å². The molecule has 1 saturated heterocycles. The minimum Gasteiger partial charge on any atom is -0.495 e. The summed E-state index contributed by atoms with van der Waals surface area (Å²) in [4.78, 5) is 11.8. The summed E-state index contributed by atoms with van der Waals surface area (Å²) in [6.45, 7) is 1.69. The molecule has 1 amide bonds. The summed E-state index contributed by atoms with van der Waals surface area (Å²) in [6.07, 6.45) is -0.139. The van der Waals surface area contributed by atoms with E-state index >= 15 is 0 Å². The van der Waals surface area contributed by atoms with Crippen LogP contribution in [0, 0.1) is 0 Å². The minimum atomic E-state index is -4.07. The van der Waals surface area contributed by atoms with Gasteiger partial charge in [0.05, 0.1) is 18.6 Å². The molecule has 1 fully saturated rings. The van der Waals surface area contributed by atoms with Crippen molar-refractivity contribution in [1.29, 1.82) is 0 Å². The molecule has 1 aliphatic rings. The molecule has 1 N–H and O–H groups in total. The number of rotatable bonds is 6. The average molecular weight is 425 g/mol. The summed E-state index contributed by atoms with van der Waals surface area (Å²) in [7, 11) is -6.56. The van der Waals surface area contributed by atoms with Gasteiger partial charge in [0.1, 0.15) is 10.6 Å². The highest BCUT2D eigenvalue weighted by atomic mass is 32.2. The summed E-state index contributed by atoms with van der Waals surface area (Å²) in [6, 6.07) is 12.3. The van der Waals surface area contributed by atoms with Crippen LogP contribution in [0.5, 0.6) is 5.75 Å². The molecule has 3 rings (SSSR count). The van der Waals surface area contributed by atoms with Gasteiger partial charge in [0.2, 0.25) is 26.0 Å². The standard InChI is InChI=1S/C18H20N2O6S2/c1-13(14-6-4-3-5-7-14)19-28(24,25)17-12-15(8-9-16(17)26-2)20-18(21)10-11-27(20,22)23/h3-9,12-13,19H,10-11H2,1-2H3/t13-/m0/s1. The Labute approximate surface area is 164 Å². The zero-order chi connectivity index (χ0) is 20.5. The number of nitrogens with one attached hydrogen (secondary N) is 1. The molecular weight excluding hydrogens is 404 g/mol. The van der Waals surface area contributed by atoms with Crippen molar-refractivity contribution in [2.75, 3.05) is 17.2 Å². The third-order valence-electron chi connectivity index (χ3n) is 4.38. The molecule has 10 heteroatoms. The van der Waals surface area contributed by atoms with Crippen LogP contribution in [0.15, 0.2) is 53.4 Å². The van der Waals surface area contributed by atoms with Crippen molar-refractivity contribution >= 4 is 31.6 Å². The molecular formula is C18H20N2O6S2. The number of methoxy groups -OCH3 is 1. The normalized spacial score (nSPS) is 17.5. The molecule has 0 saturated carbocycles. The number of hydrogen-bond acceptors (Lipinski definition) is 6. The molecule has 8 nitrogen and oxygen atoms in total. The maximum absolute atomic E-state index is 13.0. The van der Waals surface area contributed by atoms with E-state index in [1.165, 1.54) is 19.2 Å². The van der Waals surface area contributed by atoms with E-state index in [2.05, 4.69) is 4.72 Å². The number of benzene rings is 2. The zero-order valence-electron chi connectivity index (χ0n) is 15.3. The maximum Gasteiger partial charge on any atom is 0.244 e. The Kier molecular flexibility index (Phi) is 5.46. The first-order valence-corrected chi connectivity index (χ1v) is 11.6. The molecule has 0 aromatic heterocycles. The number of ether oxygens (including phenoxy) is 1. The first-order chi connectivity index (χ1) is 13.2. The fraction of sp³-hybridized carbons (Fsp3) is 0.278. The fourth-order valence-corrected chi connectivity index (χ4v) is 5.85. The number of hydrogen-bond donors (Lipinski definition) is 1. The Morgan fingerprint density at radius 3 is 2.39 bits per heavy atom. The van der Waals surface area contributed by atoms with Gasteiger partial charge < -0.3 is 4.74 Å². The Morgan fingerprint density at radius 1 is 1.14 bits per heavy atom. The van der Waals surface area contributed by atoms with Crippen LogP contribution in [-0.4, -0.2) is 35.6 Å². The number of anilines is 1. The van der Waals surface area contributed by atoms with E-state index in [0.717, 1.165) is 11.6 Å². The van der Waals surface area contributed by atoms with E-state index in [1.54, 1.807) is 31.2 Å². The molecule has 2 aromatic carbocycles. The first-order valence-electron chi connectivity index (χ1n) is 8.47. The van der Waals surface area contributed by atoms with Crippen LogP contribution >= 0.6 is 0 Å². The Balaban J connectivity index is 2.01. The lowest BCUT2D eigenvalue weighted by molar-refractivity contribution is -0.116. The Bertz CT molecular complexity index is 1100. The number of nitrogens with zero attached hydrogens (tertiary/aromatic N) is 1. The molecule has 2 aromatic rings. The maximum atomic E-state index is 13.0. The summed E-state index contributed by atoms with van der Waals surface area (Å²) >= 11 is 0. The first kappa shape index (κ1) is 20.3. The van der Waals surface area contributed by atoms with Crippen molar-refractivity contribution in [1.82, 2.24) is 4.72 Å². The lowest BCUT2D eigenvalue weighted by atomic mass is 10.1. The summed E-state index contributed by atoms with van der Waals surface area (Å²) in [5, 5.41) is 0. The van der Waals surface area contributed by atoms with E-state index in [9.17, 15) is 21.6 Å². The molecule has 150 valence electrons. The Hall–Kier alpha value is -2.43. The lowest BCUT2D eigenvalue weighted by Gasteiger charge is -2.19. The molecule has 0 aliphatic carbocycles. The quantitative estimate of drug-likeness (QED) is 0.757. The van der Waals surface area contributed by atoms with Crippen molar-refractivity contribution in [3.05, 3.63) is 54.1 Å². The van der Waals surface area contributed by atoms with Gasteiger partial charge >= 0.3 is 0 Å². The van der Waals surface area contributed by atoms with Crippen molar-refractivity contribution in [3.8, 4) is 5.75 Å². The number of carbonyl (C=O) groups excluding carboxylic acids is 1. The third-order valence-corrected chi connectivity index (χ3v) is 7.63. The van der Waals surface area contributed by atoms with Crippen LogP contribution < -0.4 is 13.8 Å². The van der Waals surface area contributed by atoms with Gasteiger partial charge in [-0.1, -0.05) is 30.3 Å². The fourth-order valence-electron chi connectivity index (χ4n) is 2.98. The van der Waals surface area contributed by atoms with Crippen molar-refractivity contribution < 1.29 is 26.4 Å². The van der Waals surface area contributed by atoms with Gasteiger partial charge in [0, 0.05) is 12.5 Å². The van der Waals surface area contributed by atoms with Crippen molar-refractivity contribution in [2.24, 2.45) is 0 Å². The third kappa shape index (κ3) is 3.89. The highest BCUT2D eigenvalue weighted by molar-refractivity contribution is 7.94. The van der Waals surface area contributed by atoms with Crippen LogP contribution in [0.25, 0.3) is 0 Å². The highest BCUT2D eigenvalue weighted by Crippen LogP contribution is 2.33. The average Bonchev–Trinajstić information content (AvgIpc) is 2.94. The number of carbonyl (C=O) groups is 1. The van der Waals surface area contributed by atoms with E-state index in [1.807, 2.05) is 6.07 Å². The van der Waals surface area contributed by atoms with Crippen LogP contribution in [0.3, 0.4) is 0 Å². The summed E-state index contributed by atoms with van der Waals surface area (Å²) < 4.78 is 58.6. The van der Waals surface area contributed by atoms with Gasteiger partial charge in [0.15, 0.2) is 0 Å². The van der Waals surface area contributed by atoms with Crippen LogP contribution in [0.1, 0.15) is 24.9 Å². The highest BCUT2D eigenvalue weighted by Gasteiger charge is 2.37. The molecule has 0 unspecified atom stereocenters. The molecule has 0 radical (unpaired) electrons. The van der Waals surface area contributed by atoms with Crippen molar-refractivity contribution in [3.63, 3.8) is 0 Å². The second-order valence-electron chi connectivity index (χ2n) is 6.31. The lowest BCUT2D eigenvalue weighted by Crippen LogP contribution is -2.30. The summed E-state index contributed by atoms with van der Waals surface area (Å²) in [5.74, 6) is -0.858. The SMILES string of the molecule is COc1ccc(N2C(=O)CCS2(=O)=O)cc1S(=O)(=O)N[C@@H](C)c1ccccc1. The monoisotopic (exact) mass is 424 g/mol. The molecule has 0 spiro atoms. The van der Waals surface area contributed by atoms with Gasteiger partial charge in [-0.2, -0.15) is 0 Å². The predicted molar refractivity (Wildman–Crippen MR) is 104 cm³/mol. The summed E-state index contributed by atoms with van der Waals surface area (Å²) in [5.41, 5.74) is 0.731. The van der Waals surface area contributed by atoms with E-state index in [0.29, 0.717) is 4.31 Å². The zero-order valence-corrected chi connectivity index (χ0v) is 17.0. The second kappa shape index (κ2) is 7.53. The molecule has 1 atom stereocenters. The van der Waals surface area contributed by atoms with Gasteiger partial charge in [-0.25, -0.2) is 25.9 Å². The van der Waals surface area contributed by atoms with Gasteiger partial charge in [-0.15, -0.1) is 0 Å². The van der Waals surface area contributed by atoms with Gasteiger partial charge in [-0.3, -0.25) is 4.79 Å². The predicted octanol–water partition coefficient (Wildman–Crippen LogP) is 1.80. The molecule has 1 heterocycles. The minimum absolute atomic E-state index is 0.0314. The van der Waals surface area contributed by atoms with Crippen molar-refractivity contribution in [2.45, 2.75) is 24.3 Å². The Morgan fingerprint density at radius 2 is 1.82 bits per heavy atom. The van der Waals surface area contributed by atoms with E-state index in [-0.39, 0.29) is 28.5 Å². The topological polar surface area (TPSA) is 110 Å². The largest absolute Gasteiger partial charge is 0.495 e. The number of amides is 1. The number of sulfonamides is 2. The molecule has 1 aliphatic heterocycles. The van der Waals surface area contributed by atoms with Crippen LogP contribution in [-0.2, 0) is 24.8 Å².